The number of carboxylic acids is 1. The lowest BCUT2D eigenvalue weighted by molar-refractivity contribution is -0.147. The Balaban J connectivity index is 1.98. The first-order chi connectivity index (χ1) is 10.0. The van der Waals surface area contributed by atoms with Crippen LogP contribution in [-0.4, -0.2) is 40.5 Å². The summed E-state index contributed by atoms with van der Waals surface area (Å²) in [6.45, 7) is 3.08. The van der Waals surface area contributed by atoms with Crippen molar-refractivity contribution in [1.29, 1.82) is 0 Å². The summed E-state index contributed by atoms with van der Waals surface area (Å²) in [5.74, 6) is -1.07. The fraction of sp³-hybridized carbons (Fsp3) is 0.500. The van der Waals surface area contributed by atoms with E-state index in [2.05, 4.69) is 5.32 Å². The van der Waals surface area contributed by atoms with Crippen molar-refractivity contribution in [2.24, 2.45) is 0 Å². The van der Waals surface area contributed by atoms with E-state index in [0.717, 1.165) is 37.1 Å². The number of anilines is 1. The molecule has 2 aliphatic heterocycles. The first-order valence-corrected chi connectivity index (χ1v) is 7.45. The number of hydrogen-bond donors (Lipinski definition) is 2. The lowest BCUT2D eigenvalue weighted by atomic mass is 9.94. The molecule has 112 valence electrons. The molecule has 2 N–H and O–H groups in total. The summed E-state index contributed by atoms with van der Waals surface area (Å²) in [6, 6.07) is 5.65. The number of benzene rings is 1. The van der Waals surface area contributed by atoms with Gasteiger partial charge in [-0.3, -0.25) is 4.79 Å². The fourth-order valence-corrected chi connectivity index (χ4v) is 3.37. The van der Waals surface area contributed by atoms with E-state index in [4.69, 9.17) is 0 Å². The van der Waals surface area contributed by atoms with E-state index >= 15 is 0 Å². The molecule has 1 fully saturated rings. The number of hydrogen-bond acceptors (Lipinski definition) is 3. The number of nitrogens with one attached hydrogen (secondary N) is 1. The maximum absolute atomic E-state index is 12.9. The zero-order valence-electron chi connectivity index (χ0n) is 12.2. The lowest BCUT2D eigenvalue weighted by Gasteiger charge is -2.32. The van der Waals surface area contributed by atoms with Crippen molar-refractivity contribution in [3.05, 3.63) is 29.3 Å². The van der Waals surface area contributed by atoms with Crippen molar-refractivity contribution in [1.82, 2.24) is 4.90 Å². The second-order valence-electron chi connectivity index (χ2n) is 6.00. The summed E-state index contributed by atoms with van der Waals surface area (Å²) in [5.41, 5.74) is 1.59. The van der Waals surface area contributed by atoms with Crippen LogP contribution in [0.2, 0.25) is 0 Å². The van der Waals surface area contributed by atoms with Crippen molar-refractivity contribution in [3.63, 3.8) is 0 Å². The average Bonchev–Trinajstić information content (AvgIpc) is 2.89. The van der Waals surface area contributed by atoms with Crippen molar-refractivity contribution >= 4 is 17.6 Å². The largest absolute Gasteiger partial charge is 0.480 e. The topological polar surface area (TPSA) is 69.6 Å². The average molecular weight is 288 g/mol. The number of carboxylic acid groups (broad SMARTS) is 1. The molecular weight excluding hydrogens is 268 g/mol. The molecule has 3 rings (SSSR count). The SMILES string of the molecule is CC1(C(=O)O)CCCN1C(=O)c1cccc2c1CCCN2. The summed E-state index contributed by atoms with van der Waals surface area (Å²) in [5, 5.41) is 12.8. The van der Waals surface area contributed by atoms with Gasteiger partial charge in [0.25, 0.3) is 5.91 Å². The minimum Gasteiger partial charge on any atom is -0.480 e. The molecule has 21 heavy (non-hydrogen) atoms. The highest BCUT2D eigenvalue weighted by atomic mass is 16.4. The Morgan fingerprint density at radius 1 is 1.33 bits per heavy atom. The van der Waals surface area contributed by atoms with E-state index in [1.807, 2.05) is 18.2 Å². The van der Waals surface area contributed by atoms with Gasteiger partial charge in [-0.1, -0.05) is 6.07 Å². The molecule has 2 aliphatic rings. The quantitative estimate of drug-likeness (QED) is 0.874. The predicted octanol–water partition coefficient (Wildman–Crippen LogP) is 2.12. The number of aliphatic carboxylic acids is 1. The van der Waals surface area contributed by atoms with E-state index in [9.17, 15) is 14.7 Å². The van der Waals surface area contributed by atoms with E-state index in [-0.39, 0.29) is 5.91 Å². The number of amides is 1. The van der Waals surface area contributed by atoms with Crippen LogP contribution in [0.1, 0.15) is 42.1 Å². The number of nitrogens with zero attached hydrogens (tertiary/aromatic N) is 1. The maximum Gasteiger partial charge on any atom is 0.329 e. The van der Waals surface area contributed by atoms with Crippen LogP contribution >= 0.6 is 0 Å². The third-order valence-corrected chi connectivity index (χ3v) is 4.67. The summed E-state index contributed by atoms with van der Waals surface area (Å²) >= 11 is 0. The Labute approximate surface area is 123 Å². The van der Waals surface area contributed by atoms with Gasteiger partial charge in [0.1, 0.15) is 5.54 Å². The van der Waals surface area contributed by atoms with Crippen LogP contribution in [0.25, 0.3) is 0 Å². The molecule has 1 atom stereocenters. The van der Waals surface area contributed by atoms with Gasteiger partial charge in [-0.25, -0.2) is 4.79 Å². The normalized spacial score (nSPS) is 24.3. The standard InChI is InChI=1S/C16H20N2O3/c1-16(15(20)21)8-4-10-18(16)14(19)12-5-2-7-13-11(12)6-3-9-17-13/h2,5,7,17H,3-4,6,8-10H2,1H3,(H,20,21). The van der Waals surface area contributed by atoms with Crippen molar-refractivity contribution in [2.45, 2.75) is 38.1 Å². The van der Waals surface area contributed by atoms with Crippen molar-refractivity contribution < 1.29 is 14.7 Å². The summed E-state index contributed by atoms with van der Waals surface area (Å²) in [6.07, 6.45) is 3.11. The number of rotatable bonds is 2. The zero-order chi connectivity index (χ0) is 15.0. The fourth-order valence-electron chi connectivity index (χ4n) is 3.37. The Kier molecular flexibility index (Phi) is 3.35. The molecular formula is C16H20N2O3. The number of carbonyl (C=O) groups excluding carboxylic acids is 1. The minimum atomic E-state index is -1.08. The molecule has 0 aromatic heterocycles. The van der Waals surface area contributed by atoms with Crippen LogP contribution in [0.15, 0.2) is 18.2 Å². The molecule has 0 spiro atoms. The van der Waals surface area contributed by atoms with Crippen molar-refractivity contribution in [3.8, 4) is 0 Å². The first-order valence-electron chi connectivity index (χ1n) is 7.45. The Morgan fingerprint density at radius 3 is 2.90 bits per heavy atom. The Bertz CT molecular complexity index is 599. The van der Waals surface area contributed by atoms with Gasteiger partial charge in [-0.2, -0.15) is 0 Å². The summed E-state index contributed by atoms with van der Waals surface area (Å²) in [7, 11) is 0. The molecule has 1 aromatic carbocycles. The van der Waals surface area contributed by atoms with Crippen LogP contribution in [-0.2, 0) is 11.2 Å². The smallest absolute Gasteiger partial charge is 0.329 e. The van der Waals surface area contributed by atoms with E-state index < -0.39 is 11.5 Å². The van der Waals surface area contributed by atoms with Crippen LogP contribution in [0.5, 0.6) is 0 Å². The van der Waals surface area contributed by atoms with Gasteiger partial charge in [-0.05, 0) is 50.3 Å². The third-order valence-electron chi connectivity index (χ3n) is 4.67. The van der Waals surface area contributed by atoms with Gasteiger partial charge in [0.15, 0.2) is 0 Å². The number of fused-ring (bicyclic) bond motifs is 1. The molecule has 1 amide bonds. The van der Waals surface area contributed by atoms with Gasteiger partial charge in [-0.15, -0.1) is 0 Å². The first kappa shape index (κ1) is 13.9. The van der Waals surface area contributed by atoms with Crippen LogP contribution < -0.4 is 5.32 Å². The molecule has 5 nitrogen and oxygen atoms in total. The third kappa shape index (κ3) is 2.17. The molecule has 2 heterocycles. The van der Waals surface area contributed by atoms with E-state index in [1.54, 1.807) is 6.92 Å². The van der Waals surface area contributed by atoms with Gasteiger partial charge in [0.2, 0.25) is 0 Å². The Morgan fingerprint density at radius 2 is 2.14 bits per heavy atom. The second kappa shape index (κ2) is 5.06. The molecule has 1 saturated heterocycles. The van der Waals surface area contributed by atoms with Gasteiger partial charge in [0.05, 0.1) is 0 Å². The summed E-state index contributed by atoms with van der Waals surface area (Å²) in [4.78, 5) is 26.0. The molecule has 0 aliphatic carbocycles. The molecule has 0 bridgehead atoms. The minimum absolute atomic E-state index is 0.155. The van der Waals surface area contributed by atoms with Crippen molar-refractivity contribution in [2.75, 3.05) is 18.4 Å². The second-order valence-corrected chi connectivity index (χ2v) is 6.00. The predicted molar refractivity (Wildman–Crippen MR) is 79.6 cm³/mol. The zero-order valence-corrected chi connectivity index (χ0v) is 12.2. The maximum atomic E-state index is 12.9. The lowest BCUT2D eigenvalue weighted by Crippen LogP contribution is -2.51. The van der Waals surface area contributed by atoms with Crippen LogP contribution in [0, 0.1) is 0 Å². The highest BCUT2D eigenvalue weighted by molar-refractivity contribution is 6.00. The summed E-state index contributed by atoms with van der Waals surface area (Å²) < 4.78 is 0. The number of carbonyl (C=O) groups is 2. The van der Waals surface area contributed by atoms with E-state index in [0.29, 0.717) is 18.5 Å². The van der Waals surface area contributed by atoms with E-state index in [1.165, 1.54) is 4.90 Å². The van der Waals surface area contributed by atoms with Gasteiger partial charge < -0.3 is 15.3 Å². The number of likely N-dealkylation sites (tertiary alicyclic amines) is 1. The van der Waals surface area contributed by atoms with Gasteiger partial charge in [0, 0.05) is 24.3 Å². The van der Waals surface area contributed by atoms with Gasteiger partial charge >= 0.3 is 5.97 Å². The molecule has 0 radical (unpaired) electrons. The molecule has 0 saturated carbocycles. The highest BCUT2D eigenvalue weighted by Gasteiger charge is 2.46. The van der Waals surface area contributed by atoms with Crippen LogP contribution in [0.3, 0.4) is 0 Å². The molecule has 5 heteroatoms. The molecule has 1 aromatic rings. The monoisotopic (exact) mass is 288 g/mol. The molecule has 1 unspecified atom stereocenters. The van der Waals surface area contributed by atoms with Crippen LogP contribution in [0.4, 0.5) is 5.69 Å². The highest BCUT2D eigenvalue weighted by Crippen LogP contribution is 2.33. The Hall–Kier alpha value is -2.04.